The van der Waals surface area contributed by atoms with Crippen molar-refractivity contribution in [2.75, 3.05) is 6.54 Å². The van der Waals surface area contributed by atoms with Gasteiger partial charge in [0.1, 0.15) is 0 Å². The Labute approximate surface area is 105 Å². The average molecular weight is 304 g/mol. The van der Waals surface area contributed by atoms with Crippen LogP contribution >= 0.6 is 11.3 Å². The highest BCUT2D eigenvalue weighted by molar-refractivity contribution is 7.91. The first-order chi connectivity index (χ1) is 8.12. The molecule has 1 heterocycles. The molecule has 0 aliphatic heterocycles. The number of aromatic nitrogens is 1. The molecule has 0 atom stereocenters. The number of aromatic amines is 1. The van der Waals surface area contributed by atoms with E-state index < -0.39 is 27.5 Å². The molecule has 0 amide bonds. The van der Waals surface area contributed by atoms with E-state index in [9.17, 15) is 26.4 Å². The van der Waals surface area contributed by atoms with Crippen molar-refractivity contribution in [3.63, 3.8) is 0 Å². The number of halogens is 3. The minimum absolute atomic E-state index is 0.174. The molecule has 104 valence electrons. The molecule has 0 aliphatic rings. The molecule has 0 fully saturated rings. The van der Waals surface area contributed by atoms with Crippen LogP contribution in [0.3, 0.4) is 0 Å². The predicted octanol–water partition coefficient (Wildman–Crippen LogP) is 1.37. The summed E-state index contributed by atoms with van der Waals surface area (Å²) in [4.78, 5) is 12.7. The average Bonchev–Trinajstić information content (AvgIpc) is 2.52. The van der Waals surface area contributed by atoms with Crippen molar-refractivity contribution in [3.8, 4) is 0 Å². The van der Waals surface area contributed by atoms with Crippen molar-refractivity contribution >= 4 is 21.4 Å². The van der Waals surface area contributed by atoms with E-state index in [0.29, 0.717) is 11.3 Å². The summed E-state index contributed by atoms with van der Waals surface area (Å²) in [5.41, 5.74) is 0.174. The first-order valence-electron chi connectivity index (χ1n) is 4.88. The van der Waals surface area contributed by atoms with Crippen molar-refractivity contribution in [3.05, 3.63) is 15.4 Å². The summed E-state index contributed by atoms with van der Waals surface area (Å²) in [5, 5.41) is 0. The minimum Gasteiger partial charge on any atom is -0.315 e. The zero-order valence-corrected chi connectivity index (χ0v) is 10.9. The van der Waals surface area contributed by atoms with Crippen LogP contribution < -0.4 is 9.60 Å². The maximum absolute atomic E-state index is 11.8. The Kier molecular flexibility index (Phi) is 4.56. The highest BCUT2D eigenvalue weighted by atomic mass is 32.2. The van der Waals surface area contributed by atoms with E-state index >= 15 is 0 Å². The quantitative estimate of drug-likeness (QED) is 0.806. The summed E-state index contributed by atoms with van der Waals surface area (Å²) in [5.74, 6) is 0. The van der Waals surface area contributed by atoms with Gasteiger partial charge in [0.25, 0.3) is 10.0 Å². The lowest BCUT2D eigenvalue weighted by molar-refractivity contribution is -0.135. The molecule has 0 saturated heterocycles. The van der Waals surface area contributed by atoms with Gasteiger partial charge in [0.15, 0.2) is 4.21 Å². The number of alkyl halides is 3. The molecule has 0 spiro atoms. The van der Waals surface area contributed by atoms with E-state index in [0.717, 1.165) is 0 Å². The topological polar surface area (TPSA) is 79.0 Å². The molecular formula is C8H11F3N2O3S2. The Morgan fingerprint density at radius 3 is 2.44 bits per heavy atom. The molecule has 0 saturated carbocycles. The number of hydrogen-bond donors (Lipinski definition) is 2. The number of aryl methyl sites for hydroxylation is 1. The second-order valence-corrected chi connectivity index (χ2v) is 6.49. The third-order valence-corrected chi connectivity index (χ3v) is 5.02. The van der Waals surface area contributed by atoms with Crippen LogP contribution in [0.1, 0.15) is 18.5 Å². The highest BCUT2D eigenvalue weighted by Crippen LogP contribution is 2.21. The Balaban J connectivity index is 2.61. The van der Waals surface area contributed by atoms with Gasteiger partial charge in [-0.05, 0) is 13.3 Å². The summed E-state index contributed by atoms with van der Waals surface area (Å²) in [6.07, 6.45) is -5.71. The van der Waals surface area contributed by atoms with Gasteiger partial charge in [0.05, 0.1) is 0 Å². The van der Waals surface area contributed by atoms with Crippen molar-refractivity contribution in [2.45, 2.75) is 30.2 Å². The molecule has 0 aromatic carbocycles. The van der Waals surface area contributed by atoms with Crippen molar-refractivity contribution in [1.82, 2.24) is 9.71 Å². The summed E-state index contributed by atoms with van der Waals surface area (Å²) < 4.78 is 60.7. The fraction of sp³-hybridized carbons (Fsp3) is 0.625. The van der Waals surface area contributed by atoms with E-state index in [1.807, 2.05) is 4.72 Å². The fourth-order valence-corrected chi connectivity index (χ4v) is 3.63. The Morgan fingerprint density at radius 2 is 2.00 bits per heavy atom. The fourth-order valence-electron chi connectivity index (χ4n) is 1.21. The molecule has 5 nitrogen and oxygen atoms in total. The zero-order valence-electron chi connectivity index (χ0n) is 9.30. The number of nitrogens with one attached hydrogen (secondary N) is 2. The summed E-state index contributed by atoms with van der Waals surface area (Å²) in [6.45, 7) is 1.08. The largest absolute Gasteiger partial charge is 0.389 e. The molecule has 1 aromatic heterocycles. The van der Waals surface area contributed by atoms with Crippen molar-refractivity contribution in [2.24, 2.45) is 0 Å². The van der Waals surface area contributed by atoms with E-state index in [1.165, 1.54) is 6.92 Å². The molecule has 0 unspecified atom stereocenters. The van der Waals surface area contributed by atoms with Gasteiger partial charge in [-0.2, -0.15) is 13.2 Å². The number of rotatable bonds is 5. The van der Waals surface area contributed by atoms with Crippen LogP contribution in [-0.2, 0) is 10.0 Å². The number of thiazole rings is 1. The van der Waals surface area contributed by atoms with Gasteiger partial charge in [-0.1, -0.05) is 11.3 Å². The summed E-state index contributed by atoms with van der Waals surface area (Å²) >= 11 is 0.501. The van der Waals surface area contributed by atoms with Crippen LogP contribution in [-0.4, -0.2) is 26.1 Å². The third kappa shape index (κ3) is 4.42. The monoisotopic (exact) mass is 304 g/mol. The molecule has 1 aromatic rings. The standard InChI is InChI=1S/C8H11F3N2O3S2/c1-5-6(17-7(14)13-5)18(15,16)12-4-2-3-8(9,10)11/h12H,2-4H2,1H3,(H,13,14). The van der Waals surface area contributed by atoms with Gasteiger partial charge < -0.3 is 4.98 Å². The van der Waals surface area contributed by atoms with Crippen LogP contribution in [0.5, 0.6) is 0 Å². The summed E-state index contributed by atoms with van der Waals surface area (Å²) in [6, 6.07) is 0. The zero-order chi connectivity index (χ0) is 14.0. The van der Waals surface area contributed by atoms with Gasteiger partial charge in [-0.3, -0.25) is 4.79 Å². The lowest BCUT2D eigenvalue weighted by Gasteiger charge is -2.07. The molecule has 18 heavy (non-hydrogen) atoms. The van der Waals surface area contributed by atoms with Gasteiger partial charge >= 0.3 is 11.0 Å². The van der Waals surface area contributed by atoms with Crippen molar-refractivity contribution < 1.29 is 21.6 Å². The maximum atomic E-state index is 11.8. The Hall–Kier alpha value is -0.870. The predicted molar refractivity (Wildman–Crippen MR) is 60.2 cm³/mol. The Bertz CT molecular complexity index is 559. The highest BCUT2D eigenvalue weighted by Gasteiger charge is 2.27. The van der Waals surface area contributed by atoms with Crippen LogP contribution in [0.15, 0.2) is 9.00 Å². The SMILES string of the molecule is Cc1[nH]c(=O)sc1S(=O)(=O)NCCCC(F)(F)F. The van der Waals surface area contributed by atoms with Crippen LogP contribution in [0.4, 0.5) is 13.2 Å². The summed E-state index contributed by atoms with van der Waals surface area (Å²) in [7, 11) is -3.92. The van der Waals surface area contributed by atoms with Gasteiger partial charge in [-0.25, -0.2) is 13.1 Å². The van der Waals surface area contributed by atoms with Crippen LogP contribution in [0.25, 0.3) is 0 Å². The first kappa shape index (κ1) is 15.2. The van der Waals surface area contributed by atoms with Gasteiger partial charge in [-0.15, -0.1) is 0 Å². The van der Waals surface area contributed by atoms with Gasteiger partial charge in [0.2, 0.25) is 0 Å². The van der Waals surface area contributed by atoms with E-state index in [-0.39, 0.29) is 22.9 Å². The molecule has 2 N–H and O–H groups in total. The van der Waals surface area contributed by atoms with Crippen LogP contribution in [0.2, 0.25) is 0 Å². The third-order valence-electron chi connectivity index (χ3n) is 1.95. The minimum atomic E-state index is -4.31. The van der Waals surface area contributed by atoms with E-state index in [1.54, 1.807) is 0 Å². The normalized spacial score (nSPS) is 12.9. The van der Waals surface area contributed by atoms with E-state index in [4.69, 9.17) is 0 Å². The first-order valence-corrected chi connectivity index (χ1v) is 7.18. The number of sulfonamides is 1. The van der Waals surface area contributed by atoms with Gasteiger partial charge in [0, 0.05) is 18.7 Å². The lowest BCUT2D eigenvalue weighted by Crippen LogP contribution is -2.25. The molecule has 0 radical (unpaired) electrons. The molecular weight excluding hydrogens is 293 g/mol. The molecule has 0 aliphatic carbocycles. The number of H-pyrrole nitrogens is 1. The molecule has 10 heteroatoms. The molecule has 1 rings (SSSR count). The number of hydrogen-bond acceptors (Lipinski definition) is 4. The van der Waals surface area contributed by atoms with Crippen molar-refractivity contribution in [1.29, 1.82) is 0 Å². The molecule has 0 bridgehead atoms. The van der Waals surface area contributed by atoms with Crippen LogP contribution in [0, 0.1) is 6.92 Å². The second kappa shape index (κ2) is 5.41. The second-order valence-electron chi connectivity index (χ2n) is 3.54. The lowest BCUT2D eigenvalue weighted by atomic mass is 10.3. The maximum Gasteiger partial charge on any atom is 0.389 e. The van der Waals surface area contributed by atoms with E-state index in [2.05, 4.69) is 4.98 Å². The smallest absolute Gasteiger partial charge is 0.315 e. The Morgan fingerprint density at radius 1 is 1.39 bits per heavy atom.